The van der Waals surface area contributed by atoms with Gasteiger partial charge in [0.15, 0.2) is 5.11 Å². The van der Waals surface area contributed by atoms with Crippen LogP contribution >= 0.6 is 12.2 Å². The van der Waals surface area contributed by atoms with Gasteiger partial charge in [-0.1, -0.05) is 6.07 Å². The quantitative estimate of drug-likeness (QED) is 0.849. The van der Waals surface area contributed by atoms with E-state index < -0.39 is 11.6 Å². The lowest BCUT2D eigenvalue weighted by atomic mass is 10.1. The van der Waals surface area contributed by atoms with E-state index in [0.717, 1.165) is 11.8 Å². The SMILES string of the molecule is C[C@@H](NC(=S)NCc1ccco1)c1ccc(F)cc1F. The summed E-state index contributed by atoms with van der Waals surface area (Å²) < 4.78 is 31.6. The van der Waals surface area contributed by atoms with E-state index in [1.807, 2.05) is 6.07 Å². The van der Waals surface area contributed by atoms with E-state index in [1.54, 1.807) is 19.3 Å². The van der Waals surface area contributed by atoms with Crippen molar-refractivity contribution >= 4 is 17.3 Å². The molecule has 0 aliphatic carbocycles. The normalized spacial score (nSPS) is 11.9. The van der Waals surface area contributed by atoms with Crippen molar-refractivity contribution in [1.82, 2.24) is 10.6 Å². The van der Waals surface area contributed by atoms with Crippen LogP contribution in [0.3, 0.4) is 0 Å². The Morgan fingerprint density at radius 3 is 2.80 bits per heavy atom. The number of halogens is 2. The summed E-state index contributed by atoms with van der Waals surface area (Å²) in [5.41, 5.74) is 0.355. The Morgan fingerprint density at radius 1 is 1.35 bits per heavy atom. The molecule has 0 aliphatic rings. The molecule has 1 atom stereocenters. The Labute approximate surface area is 121 Å². The van der Waals surface area contributed by atoms with Gasteiger partial charge in [0.2, 0.25) is 0 Å². The molecular formula is C14H14F2N2OS. The van der Waals surface area contributed by atoms with Crippen LogP contribution in [0, 0.1) is 11.6 Å². The van der Waals surface area contributed by atoms with Gasteiger partial charge in [0.05, 0.1) is 18.8 Å². The third kappa shape index (κ3) is 3.77. The van der Waals surface area contributed by atoms with Crippen LogP contribution in [0.25, 0.3) is 0 Å². The maximum atomic E-state index is 13.6. The monoisotopic (exact) mass is 296 g/mol. The summed E-state index contributed by atoms with van der Waals surface area (Å²) in [6, 6.07) is 6.70. The molecule has 2 aromatic rings. The van der Waals surface area contributed by atoms with Crippen molar-refractivity contribution in [3.8, 4) is 0 Å². The van der Waals surface area contributed by atoms with Crippen LogP contribution in [0.15, 0.2) is 41.0 Å². The number of thiocarbonyl (C=S) groups is 1. The summed E-state index contributed by atoms with van der Waals surface area (Å²) in [6.07, 6.45) is 1.57. The molecule has 0 unspecified atom stereocenters. The highest BCUT2D eigenvalue weighted by Gasteiger charge is 2.12. The van der Waals surface area contributed by atoms with E-state index >= 15 is 0 Å². The van der Waals surface area contributed by atoms with Gasteiger partial charge in [0.1, 0.15) is 17.4 Å². The second-order valence-electron chi connectivity index (χ2n) is 4.29. The van der Waals surface area contributed by atoms with Gasteiger partial charge in [-0.2, -0.15) is 0 Å². The van der Waals surface area contributed by atoms with Crippen LogP contribution < -0.4 is 10.6 Å². The molecule has 6 heteroatoms. The lowest BCUT2D eigenvalue weighted by molar-refractivity contribution is 0.500. The number of hydrogen-bond acceptors (Lipinski definition) is 2. The van der Waals surface area contributed by atoms with Crippen LogP contribution in [0.1, 0.15) is 24.3 Å². The molecule has 2 N–H and O–H groups in total. The van der Waals surface area contributed by atoms with Crippen LogP contribution in [0.2, 0.25) is 0 Å². The summed E-state index contributed by atoms with van der Waals surface area (Å²) in [5.74, 6) is -0.453. The van der Waals surface area contributed by atoms with Crippen molar-refractivity contribution in [3.05, 3.63) is 59.6 Å². The molecule has 0 saturated heterocycles. The molecular weight excluding hydrogens is 282 g/mol. The maximum absolute atomic E-state index is 13.6. The fourth-order valence-corrected chi connectivity index (χ4v) is 2.01. The summed E-state index contributed by atoms with van der Waals surface area (Å²) in [4.78, 5) is 0. The Bertz CT molecular complexity index is 587. The van der Waals surface area contributed by atoms with E-state index in [-0.39, 0.29) is 6.04 Å². The molecule has 3 nitrogen and oxygen atoms in total. The minimum Gasteiger partial charge on any atom is -0.467 e. The van der Waals surface area contributed by atoms with Gasteiger partial charge in [-0.15, -0.1) is 0 Å². The molecule has 1 heterocycles. The first kappa shape index (κ1) is 14.5. The van der Waals surface area contributed by atoms with E-state index in [2.05, 4.69) is 10.6 Å². The van der Waals surface area contributed by atoms with E-state index in [9.17, 15) is 8.78 Å². The molecule has 0 spiro atoms. The first-order chi connectivity index (χ1) is 9.56. The zero-order valence-electron chi connectivity index (χ0n) is 10.8. The van der Waals surface area contributed by atoms with Crippen molar-refractivity contribution in [2.75, 3.05) is 0 Å². The van der Waals surface area contributed by atoms with Crippen LogP contribution in [-0.4, -0.2) is 5.11 Å². The lowest BCUT2D eigenvalue weighted by Crippen LogP contribution is -2.36. The van der Waals surface area contributed by atoms with E-state index in [0.29, 0.717) is 17.2 Å². The van der Waals surface area contributed by atoms with Gasteiger partial charge in [0.25, 0.3) is 0 Å². The van der Waals surface area contributed by atoms with Crippen molar-refractivity contribution in [2.45, 2.75) is 19.5 Å². The number of nitrogens with one attached hydrogen (secondary N) is 2. The second kappa shape index (κ2) is 6.47. The third-order valence-electron chi connectivity index (χ3n) is 2.78. The van der Waals surface area contributed by atoms with Crippen LogP contribution in [-0.2, 0) is 6.54 Å². The Kier molecular flexibility index (Phi) is 4.68. The minimum absolute atomic E-state index is 0.355. The highest BCUT2D eigenvalue weighted by Crippen LogP contribution is 2.17. The lowest BCUT2D eigenvalue weighted by Gasteiger charge is -2.17. The van der Waals surface area contributed by atoms with Crippen molar-refractivity contribution in [2.24, 2.45) is 0 Å². The average molecular weight is 296 g/mol. The zero-order chi connectivity index (χ0) is 14.5. The number of furan rings is 1. The Morgan fingerprint density at radius 2 is 2.15 bits per heavy atom. The highest BCUT2D eigenvalue weighted by atomic mass is 32.1. The minimum atomic E-state index is -0.600. The summed E-state index contributed by atoms with van der Waals surface area (Å²) >= 11 is 5.11. The molecule has 20 heavy (non-hydrogen) atoms. The first-order valence-corrected chi connectivity index (χ1v) is 6.49. The zero-order valence-corrected chi connectivity index (χ0v) is 11.6. The smallest absolute Gasteiger partial charge is 0.167 e. The molecule has 1 aromatic carbocycles. The van der Waals surface area contributed by atoms with Crippen LogP contribution in [0.4, 0.5) is 8.78 Å². The number of rotatable bonds is 4. The Hall–Kier alpha value is -1.95. The van der Waals surface area contributed by atoms with Crippen LogP contribution in [0.5, 0.6) is 0 Å². The van der Waals surface area contributed by atoms with Crippen molar-refractivity contribution in [1.29, 1.82) is 0 Å². The summed E-state index contributed by atoms with van der Waals surface area (Å²) in [6.45, 7) is 2.19. The molecule has 2 rings (SSSR count). The third-order valence-corrected chi connectivity index (χ3v) is 3.04. The molecule has 106 valence electrons. The fraction of sp³-hybridized carbons (Fsp3) is 0.214. The fourth-order valence-electron chi connectivity index (χ4n) is 1.76. The van der Waals surface area contributed by atoms with Gasteiger partial charge in [-0.3, -0.25) is 0 Å². The molecule has 0 bridgehead atoms. The van der Waals surface area contributed by atoms with E-state index in [1.165, 1.54) is 12.1 Å². The van der Waals surface area contributed by atoms with Gasteiger partial charge < -0.3 is 15.1 Å². The molecule has 1 aromatic heterocycles. The summed E-state index contributed by atoms with van der Waals surface area (Å²) in [7, 11) is 0. The molecule has 0 amide bonds. The van der Waals surface area contributed by atoms with Crippen molar-refractivity contribution < 1.29 is 13.2 Å². The molecule has 0 saturated carbocycles. The summed E-state index contributed by atoms with van der Waals surface area (Å²) in [5, 5.41) is 6.25. The standard InChI is InChI=1S/C14H14F2N2OS/c1-9(12-5-4-10(15)7-13(12)16)18-14(20)17-8-11-3-2-6-19-11/h2-7,9H,8H2,1H3,(H2,17,18,20)/t9-/m1/s1. The number of benzene rings is 1. The Balaban J connectivity index is 1.90. The van der Waals surface area contributed by atoms with Gasteiger partial charge in [-0.25, -0.2) is 8.78 Å². The van der Waals surface area contributed by atoms with Gasteiger partial charge in [0, 0.05) is 11.6 Å². The molecule has 0 radical (unpaired) electrons. The average Bonchev–Trinajstić information content (AvgIpc) is 2.89. The first-order valence-electron chi connectivity index (χ1n) is 6.08. The van der Waals surface area contributed by atoms with Gasteiger partial charge in [-0.05, 0) is 37.3 Å². The largest absolute Gasteiger partial charge is 0.467 e. The topological polar surface area (TPSA) is 37.2 Å². The van der Waals surface area contributed by atoms with Gasteiger partial charge >= 0.3 is 0 Å². The predicted molar refractivity (Wildman–Crippen MR) is 76.1 cm³/mol. The van der Waals surface area contributed by atoms with E-state index in [4.69, 9.17) is 16.6 Å². The molecule has 0 aliphatic heterocycles. The highest BCUT2D eigenvalue weighted by molar-refractivity contribution is 7.80. The van der Waals surface area contributed by atoms with Crippen molar-refractivity contribution in [3.63, 3.8) is 0 Å². The second-order valence-corrected chi connectivity index (χ2v) is 4.70. The predicted octanol–water partition coefficient (Wildman–Crippen LogP) is 3.28. The number of hydrogen-bond donors (Lipinski definition) is 2. The molecule has 0 fully saturated rings. The maximum Gasteiger partial charge on any atom is 0.167 e.